The van der Waals surface area contributed by atoms with Gasteiger partial charge in [0.15, 0.2) is 0 Å². The van der Waals surface area contributed by atoms with Crippen LogP contribution in [0.15, 0.2) is 12.1 Å². The molecule has 19 heavy (non-hydrogen) atoms. The maximum Gasteiger partial charge on any atom is 0.324 e. The number of nitrogens with zero attached hydrogens (tertiary/aromatic N) is 2. The predicted molar refractivity (Wildman–Crippen MR) is 78.9 cm³/mol. The SMILES string of the molecule is Cc1cc(C)c(N(C)C(=O)N2CCNCC2)c(C)c1. The summed E-state index contributed by atoms with van der Waals surface area (Å²) >= 11 is 0. The van der Waals surface area contributed by atoms with Crippen molar-refractivity contribution in [3.63, 3.8) is 0 Å². The Bertz CT molecular complexity index is 455. The quantitative estimate of drug-likeness (QED) is 0.840. The van der Waals surface area contributed by atoms with Crippen LogP contribution in [0.3, 0.4) is 0 Å². The Morgan fingerprint density at radius 2 is 1.68 bits per heavy atom. The van der Waals surface area contributed by atoms with E-state index >= 15 is 0 Å². The Labute approximate surface area is 115 Å². The standard InChI is InChI=1S/C15H23N3O/c1-11-9-12(2)14(13(3)10-11)17(4)15(19)18-7-5-16-6-8-18/h9-10,16H,5-8H2,1-4H3. The van der Waals surface area contributed by atoms with Crippen LogP contribution in [0.1, 0.15) is 16.7 Å². The number of carbonyl (C=O) groups excluding carboxylic acids is 1. The van der Waals surface area contributed by atoms with E-state index in [4.69, 9.17) is 0 Å². The van der Waals surface area contributed by atoms with Crippen LogP contribution in [0.25, 0.3) is 0 Å². The Hall–Kier alpha value is -1.55. The number of hydrogen-bond donors (Lipinski definition) is 1. The van der Waals surface area contributed by atoms with Gasteiger partial charge in [0.1, 0.15) is 0 Å². The Balaban J connectivity index is 2.23. The van der Waals surface area contributed by atoms with Gasteiger partial charge in [-0.2, -0.15) is 0 Å². The van der Waals surface area contributed by atoms with E-state index in [-0.39, 0.29) is 6.03 Å². The van der Waals surface area contributed by atoms with E-state index in [0.29, 0.717) is 0 Å². The van der Waals surface area contributed by atoms with Gasteiger partial charge >= 0.3 is 6.03 Å². The number of urea groups is 1. The lowest BCUT2D eigenvalue weighted by molar-refractivity contribution is 0.198. The molecule has 2 rings (SSSR count). The number of anilines is 1. The lowest BCUT2D eigenvalue weighted by Crippen LogP contribution is -2.51. The van der Waals surface area contributed by atoms with E-state index in [9.17, 15) is 4.79 Å². The third-order valence-electron chi connectivity index (χ3n) is 3.65. The normalized spacial score (nSPS) is 15.5. The number of benzene rings is 1. The summed E-state index contributed by atoms with van der Waals surface area (Å²) in [5.74, 6) is 0. The van der Waals surface area contributed by atoms with Gasteiger partial charge in [-0.15, -0.1) is 0 Å². The summed E-state index contributed by atoms with van der Waals surface area (Å²) in [6.07, 6.45) is 0. The molecule has 0 unspecified atom stereocenters. The number of carbonyl (C=O) groups is 1. The second-order valence-corrected chi connectivity index (χ2v) is 5.33. The van der Waals surface area contributed by atoms with Crippen LogP contribution in [0.2, 0.25) is 0 Å². The second kappa shape index (κ2) is 5.61. The molecule has 0 saturated carbocycles. The number of amides is 2. The molecule has 0 bridgehead atoms. The lowest BCUT2D eigenvalue weighted by Gasteiger charge is -2.32. The number of aryl methyl sites for hydroxylation is 3. The summed E-state index contributed by atoms with van der Waals surface area (Å²) in [5.41, 5.74) is 4.59. The van der Waals surface area contributed by atoms with Crippen molar-refractivity contribution < 1.29 is 4.79 Å². The average Bonchev–Trinajstić information content (AvgIpc) is 2.37. The highest BCUT2D eigenvalue weighted by Crippen LogP contribution is 2.26. The van der Waals surface area contributed by atoms with Gasteiger partial charge in [-0.05, 0) is 31.9 Å². The van der Waals surface area contributed by atoms with E-state index in [1.807, 2.05) is 11.9 Å². The van der Waals surface area contributed by atoms with E-state index in [1.165, 1.54) is 5.56 Å². The van der Waals surface area contributed by atoms with Gasteiger partial charge in [0.25, 0.3) is 0 Å². The minimum absolute atomic E-state index is 0.0940. The van der Waals surface area contributed by atoms with Crippen LogP contribution in [0.4, 0.5) is 10.5 Å². The molecule has 4 nitrogen and oxygen atoms in total. The van der Waals surface area contributed by atoms with Crippen molar-refractivity contribution in [1.29, 1.82) is 0 Å². The average molecular weight is 261 g/mol. The highest BCUT2D eigenvalue weighted by atomic mass is 16.2. The molecule has 1 aromatic rings. The van der Waals surface area contributed by atoms with E-state index in [2.05, 4.69) is 38.2 Å². The molecule has 0 spiro atoms. The van der Waals surface area contributed by atoms with Crippen molar-refractivity contribution in [2.75, 3.05) is 38.1 Å². The Kier molecular flexibility index (Phi) is 4.10. The summed E-state index contributed by atoms with van der Waals surface area (Å²) in [5, 5.41) is 3.27. The molecule has 1 N–H and O–H groups in total. The van der Waals surface area contributed by atoms with E-state index in [1.54, 1.807) is 4.90 Å². The minimum Gasteiger partial charge on any atom is -0.322 e. The number of piperazine rings is 1. The maximum absolute atomic E-state index is 12.5. The van der Waals surface area contributed by atoms with E-state index in [0.717, 1.165) is 43.0 Å². The first-order valence-electron chi connectivity index (χ1n) is 6.82. The third-order valence-corrected chi connectivity index (χ3v) is 3.65. The zero-order valence-electron chi connectivity index (χ0n) is 12.3. The van der Waals surface area contributed by atoms with Crippen LogP contribution in [-0.4, -0.2) is 44.2 Å². The molecule has 0 radical (unpaired) electrons. The molecular formula is C15H23N3O. The Morgan fingerprint density at radius 1 is 1.16 bits per heavy atom. The van der Waals surface area contributed by atoms with Gasteiger partial charge in [0, 0.05) is 33.2 Å². The lowest BCUT2D eigenvalue weighted by atomic mass is 10.0. The zero-order chi connectivity index (χ0) is 14.0. The smallest absolute Gasteiger partial charge is 0.322 e. The summed E-state index contributed by atoms with van der Waals surface area (Å²) in [6, 6.07) is 4.35. The monoisotopic (exact) mass is 261 g/mol. The van der Waals surface area contributed by atoms with Gasteiger partial charge in [-0.1, -0.05) is 17.7 Å². The van der Waals surface area contributed by atoms with Gasteiger partial charge in [0.2, 0.25) is 0 Å². The summed E-state index contributed by atoms with van der Waals surface area (Å²) in [7, 11) is 1.87. The van der Waals surface area contributed by atoms with Crippen molar-refractivity contribution in [2.45, 2.75) is 20.8 Å². The van der Waals surface area contributed by atoms with Crippen LogP contribution in [0, 0.1) is 20.8 Å². The molecule has 104 valence electrons. The molecule has 2 amide bonds. The van der Waals surface area contributed by atoms with Gasteiger partial charge in [0.05, 0.1) is 5.69 Å². The summed E-state index contributed by atoms with van der Waals surface area (Å²) < 4.78 is 0. The molecule has 0 atom stereocenters. The maximum atomic E-state index is 12.5. The van der Waals surface area contributed by atoms with Gasteiger partial charge in [-0.25, -0.2) is 4.79 Å². The van der Waals surface area contributed by atoms with Gasteiger partial charge in [-0.3, -0.25) is 4.90 Å². The molecule has 4 heteroatoms. The van der Waals surface area contributed by atoms with Gasteiger partial charge < -0.3 is 10.2 Å². The minimum atomic E-state index is 0.0940. The number of hydrogen-bond acceptors (Lipinski definition) is 2. The second-order valence-electron chi connectivity index (χ2n) is 5.33. The fraction of sp³-hybridized carbons (Fsp3) is 0.533. The third kappa shape index (κ3) is 2.89. The molecule has 0 aliphatic carbocycles. The fourth-order valence-electron chi connectivity index (χ4n) is 2.87. The first kappa shape index (κ1) is 13.9. The van der Waals surface area contributed by atoms with Crippen LogP contribution in [-0.2, 0) is 0 Å². The first-order chi connectivity index (χ1) is 9.00. The van der Waals surface area contributed by atoms with Crippen molar-refractivity contribution >= 4 is 11.7 Å². The molecule has 1 heterocycles. The highest BCUT2D eigenvalue weighted by molar-refractivity contribution is 5.93. The molecular weight excluding hydrogens is 238 g/mol. The predicted octanol–water partition coefficient (Wildman–Crippen LogP) is 2.07. The van der Waals surface area contributed by atoms with Crippen molar-refractivity contribution in [3.8, 4) is 0 Å². The number of nitrogens with one attached hydrogen (secondary N) is 1. The molecule has 1 aliphatic heterocycles. The molecule has 1 aromatic carbocycles. The molecule has 1 saturated heterocycles. The Morgan fingerprint density at radius 3 is 2.21 bits per heavy atom. The number of rotatable bonds is 1. The highest BCUT2D eigenvalue weighted by Gasteiger charge is 2.22. The molecule has 0 aromatic heterocycles. The largest absolute Gasteiger partial charge is 0.324 e. The van der Waals surface area contributed by atoms with Crippen molar-refractivity contribution in [1.82, 2.24) is 10.2 Å². The van der Waals surface area contributed by atoms with Crippen molar-refractivity contribution in [3.05, 3.63) is 28.8 Å². The van der Waals surface area contributed by atoms with Crippen LogP contribution in [0.5, 0.6) is 0 Å². The fourth-order valence-corrected chi connectivity index (χ4v) is 2.87. The van der Waals surface area contributed by atoms with Crippen LogP contribution < -0.4 is 10.2 Å². The van der Waals surface area contributed by atoms with E-state index < -0.39 is 0 Å². The summed E-state index contributed by atoms with van der Waals surface area (Å²) in [6.45, 7) is 9.55. The molecule has 1 fully saturated rings. The first-order valence-corrected chi connectivity index (χ1v) is 6.82. The summed E-state index contributed by atoms with van der Waals surface area (Å²) in [4.78, 5) is 16.2. The molecule has 1 aliphatic rings. The van der Waals surface area contributed by atoms with Crippen LogP contribution >= 0.6 is 0 Å². The topological polar surface area (TPSA) is 35.6 Å². The zero-order valence-corrected chi connectivity index (χ0v) is 12.3. The van der Waals surface area contributed by atoms with Crippen molar-refractivity contribution in [2.24, 2.45) is 0 Å².